The van der Waals surface area contributed by atoms with Gasteiger partial charge in [0, 0.05) is 6.54 Å². The van der Waals surface area contributed by atoms with E-state index in [1.165, 1.54) is 0 Å². The average molecular weight is 264 g/mol. The molecule has 0 unspecified atom stereocenters. The molecule has 1 aromatic rings. The van der Waals surface area contributed by atoms with Gasteiger partial charge in [-0.25, -0.2) is 0 Å². The monoisotopic (exact) mass is 264 g/mol. The Balaban J connectivity index is 2.44. The maximum absolute atomic E-state index is 11.5. The average Bonchev–Trinajstić information content (AvgIpc) is 2.42. The number of carbonyl (C=O) groups is 1. The third-order valence-corrected chi connectivity index (χ3v) is 2.50. The zero-order valence-corrected chi connectivity index (χ0v) is 11.5. The lowest BCUT2D eigenvalue weighted by molar-refractivity contribution is -0.123. The first kappa shape index (κ1) is 15.0. The molecule has 0 saturated carbocycles. The molecule has 19 heavy (non-hydrogen) atoms. The minimum absolute atomic E-state index is 0.000855. The molecule has 0 heterocycles. The summed E-state index contributed by atoms with van der Waals surface area (Å²) in [5, 5.41) is 14.5. The third kappa shape index (κ3) is 5.42. The van der Waals surface area contributed by atoms with E-state index in [1.54, 1.807) is 31.2 Å². The van der Waals surface area contributed by atoms with E-state index in [2.05, 4.69) is 10.5 Å². The van der Waals surface area contributed by atoms with Gasteiger partial charge in [-0.05, 0) is 42.7 Å². The zero-order valence-electron chi connectivity index (χ0n) is 11.5. The lowest BCUT2D eigenvalue weighted by atomic mass is 10.1. The summed E-state index contributed by atoms with van der Waals surface area (Å²) in [5.41, 5.74) is 1.33. The Bertz CT molecular complexity index is 439. The minimum atomic E-state index is -0.133. The van der Waals surface area contributed by atoms with Crippen LogP contribution < -0.4 is 10.1 Å². The molecule has 0 radical (unpaired) electrons. The molecule has 5 heteroatoms. The first-order chi connectivity index (χ1) is 9.02. The van der Waals surface area contributed by atoms with E-state index in [9.17, 15) is 4.79 Å². The van der Waals surface area contributed by atoms with Crippen molar-refractivity contribution in [3.63, 3.8) is 0 Å². The number of hydrogen-bond acceptors (Lipinski definition) is 4. The van der Waals surface area contributed by atoms with Crippen LogP contribution in [0.2, 0.25) is 0 Å². The smallest absolute Gasteiger partial charge is 0.257 e. The lowest BCUT2D eigenvalue weighted by Gasteiger charge is -2.09. The molecule has 0 spiro atoms. The van der Waals surface area contributed by atoms with Gasteiger partial charge in [0.05, 0.1) is 5.71 Å². The van der Waals surface area contributed by atoms with Crippen molar-refractivity contribution in [2.75, 3.05) is 13.2 Å². The van der Waals surface area contributed by atoms with Crippen LogP contribution in [0.25, 0.3) is 0 Å². The fraction of sp³-hybridized carbons (Fsp3) is 0.429. The van der Waals surface area contributed by atoms with Gasteiger partial charge in [0.15, 0.2) is 6.61 Å². The highest BCUT2D eigenvalue weighted by Crippen LogP contribution is 2.12. The standard InChI is InChI=1S/C14H20N2O3/c1-10(2)8-15-14(17)9-19-13-6-4-12(5-7-13)11(3)16-18/h4-7,10,18H,8-9H2,1-3H3,(H,15,17)/b16-11+. The van der Waals surface area contributed by atoms with E-state index in [-0.39, 0.29) is 12.5 Å². The van der Waals surface area contributed by atoms with Crippen molar-refractivity contribution in [2.24, 2.45) is 11.1 Å². The van der Waals surface area contributed by atoms with Crippen LogP contribution in [-0.4, -0.2) is 30.0 Å². The molecule has 5 nitrogen and oxygen atoms in total. The molecule has 0 aliphatic rings. The van der Waals surface area contributed by atoms with Crippen molar-refractivity contribution in [1.29, 1.82) is 0 Å². The largest absolute Gasteiger partial charge is 0.484 e. The summed E-state index contributed by atoms with van der Waals surface area (Å²) in [6.07, 6.45) is 0. The summed E-state index contributed by atoms with van der Waals surface area (Å²) >= 11 is 0. The lowest BCUT2D eigenvalue weighted by Crippen LogP contribution is -2.31. The molecule has 0 aliphatic carbocycles. The number of ether oxygens (including phenoxy) is 1. The molecule has 104 valence electrons. The Labute approximate surface area is 113 Å². The van der Waals surface area contributed by atoms with Crippen molar-refractivity contribution in [3.8, 4) is 5.75 Å². The van der Waals surface area contributed by atoms with Crippen LogP contribution >= 0.6 is 0 Å². The van der Waals surface area contributed by atoms with E-state index in [1.807, 2.05) is 13.8 Å². The van der Waals surface area contributed by atoms with Crippen LogP contribution in [0.15, 0.2) is 29.4 Å². The van der Waals surface area contributed by atoms with E-state index < -0.39 is 0 Å². The van der Waals surface area contributed by atoms with Crippen molar-refractivity contribution in [1.82, 2.24) is 5.32 Å². The van der Waals surface area contributed by atoms with Crippen molar-refractivity contribution in [3.05, 3.63) is 29.8 Å². The molecular weight excluding hydrogens is 244 g/mol. The van der Waals surface area contributed by atoms with Gasteiger partial charge < -0.3 is 15.3 Å². The van der Waals surface area contributed by atoms with Gasteiger partial charge in [0.25, 0.3) is 5.91 Å². The van der Waals surface area contributed by atoms with Crippen molar-refractivity contribution < 1.29 is 14.7 Å². The molecule has 1 amide bonds. The number of carbonyl (C=O) groups excluding carboxylic acids is 1. The van der Waals surface area contributed by atoms with Crippen LogP contribution in [0.3, 0.4) is 0 Å². The van der Waals surface area contributed by atoms with Crippen LogP contribution in [0.1, 0.15) is 26.3 Å². The second kappa shape index (κ2) is 7.41. The third-order valence-electron chi connectivity index (χ3n) is 2.50. The SMILES string of the molecule is C/C(=N\O)c1ccc(OCC(=O)NCC(C)C)cc1. The first-order valence-corrected chi connectivity index (χ1v) is 6.21. The van der Waals surface area contributed by atoms with E-state index in [0.717, 1.165) is 5.56 Å². The molecule has 0 fully saturated rings. The number of oxime groups is 1. The second-order valence-corrected chi connectivity index (χ2v) is 4.70. The van der Waals surface area contributed by atoms with Gasteiger partial charge in [-0.2, -0.15) is 0 Å². The quantitative estimate of drug-likeness (QED) is 0.469. The Kier molecular flexibility index (Phi) is 5.85. The summed E-state index contributed by atoms with van der Waals surface area (Å²) in [6, 6.07) is 7.02. The molecule has 2 N–H and O–H groups in total. The summed E-state index contributed by atoms with van der Waals surface area (Å²) < 4.78 is 5.35. The van der Waals surface area contributed by atoms with Crippen molar-refractivity contribution in [2.45, 2.75) is 20.8 Å². The second-order valence-electron chi connectivity index (χ2n) is 4.70. The highest BCUT2D eigenvalue weighted by Gasteiger charge is 2.04. The molecule has 0 atom stereocenters. The first-order valence-electron chi connectivity index (χ1n) is 6.21. The van der Waals surface area contributed by atoms with Gasteiger partial charge in [-0.15, -0.1) is 0 Å². The van der Waals surface area contributed by atoms with Gasteiger partial charge in [0.2, 0.25) is 0 Å². The van der Waals surface area contributed by atoms with Gasteiger partial charge in [-0.3, -0.25) is 4.79 Å². The van der Waals surface area contributed by atoms with E-state index in [0.29, 0.717) is 23.9 Å². The van der Waals surface area contributed by atoms with Gasteiger partial charge >= 0.3 is 0 Å². The van der Waals surface area contributed by atoms with Crippen LogP contribution in [-0.2, 0) is 4.79 Å². The Morgan fingerprint density at radius 3 is 2.53 bits per heavy atom. The summed E-state index contributed by atoms with van der Waals surface area (Å²) in [5.74, 6) is 0.893. The number of nitrogens with one attached hydrogen (secondary N) is 1. The van der Waals surface area contributed by atoms with E-state index in [4.69, 9.17) is 9.94 Å². The van der Waals surface area contributed by atoms with Crippen LogP contribution in [0, 0.1) is 5.92 Å². The van der Waals surface area contributed by atoms with E-state index >= 15 is 0 Å². The fourth-order valence-corrected chi connectivity index (χ4v) is 1.37. The number of amides is 1. The normalized spacial score (nSPS) is 11.5. The summed E-state index contributed by atoms with van der Waals surface area (Å²) in [4.78, 5) is 11.5. The van der Waals surface area contributed by atoms with Gasteiger partial charge in [0.1, 0.15) is 5.75 Å². The predicted octanol–water partition coefficient (Wildman–Crippen LogP) is 2.04. The molecule has 0 aromatic heterocycles. The Hall–Kier alpha value is -2.04. The predicted molar refractivity (Wildman–Crippen MR) is 73.8 cm³/mol. The molecule has 0 aliphatic heterocycles. The number of hydrogen-bond donors (Lipinski definition) is 2. The van der Waals surface area contributed by atoms with Crippen molar-refractivity contribution >= 4 is 11.6 Å². The van der Waals surface area contributed by atoms with Crippen LogP contribution in [0.4, 0.5) is 0 Å². The molecule has 1 rings (SSSR count). The molecular formula is C14H20N2O3. The van der Waals surface area contributed by atoms with Crippen LogP contribution in [0.5, 0.6) is 5.75 Å². The molecule has 0 bridgehead atoms. The maximum Gasteiger partial charge on any atom is 0.257 e. The highest BCUT2D eigenvalue weighted by atomic mass is 16.5. The Morgan fingerprint density at radius 2 is 2.00 bits per heavy atom. The minimum Gasteiger partial charge on any atom is -0.484 e. The fourth-order valence-electron chi connectivity index (χ4n) is 1.37. The Morgan fingerprint density at radius 1 is 1.37 bits per heavy atom. The highest BCUT2D eigenvalue weighted by molar-refractivity contribution is 5.98. The topological polar surface area (TPSA) is 70.9 Å². The number of rotatable bonds is 6. The maximum atomic E-state index is 11.5. The van der Waals surface area contributed by atoms with Gasteiger partial charge in [-0.1, -0.05) is 19.0 Å². The molecule has 1 aromatic carbocycles. The number of nitrogens with zero attached hydrogens (tertiary/aromatic N) is 1. The zero-order chi connectivity index (χ0) is 14.3. The molecule has 0 saturated heterocycles. The summed E-state index contributed by atoms with van der Waals surface area (Å²) in [6.45, 7) is 6.41. The number of benzene rings is 1. The summed E-state index contributed by atoms with van der Waals surface area (Å²) in [7, 11) is 0.